The minimum absolute atomic E-state index is 0.0331. The first-order valence-electron chi connectivity index (χ1n) is 4.23. The highest BCUT2D eigenvalue weighted by Crippen LogP contribution is 2.38. The van der Waals surface area contributed by atoms with E-state index < -0.39 is 0 Å². The first kappa shape index (κ1) is 7.74. The molecule has 1 aliphatic rings. The predicted molar refractivity (Wildman–Crippen MR) is 46.4 cm³/mol. The molecule has 2 heteroatoms. The van der Waals surface area contributed by atoms with Gasteiger partial charge in [-0.2, -0.15) is 0 Å². The zero-order valence-corrected chi connectivity index (χ0v) is 7.05. The number of halogens is 1. The van der Waals surface area contributed by atoms with Crippen LogP contribution in [0.1, 0.15) is 36.4 Å². The van der Waals surface area contributed by atoms with Gasteiger partial charge < -0.3 is 5.73 Å². The van der Waals surface area contributed by atoms with Crippen molar-refractivity contribution in [2.45, 2.75) is 25.3 Å². The zero-order valence-electron chi connectivity index (χ0n) is 7.05. The van der Waals surface area contributed by atoms with Gasteiger partial charge >= 0.3 is 0 Å². The van der Waals surface area contributed by atoms with Gasteiger partial charge in [0, 0.05) is 6.04 Å². The largest absolute Gasteiger partial charge is 0.324 e. The minimum atomic E-state index is -0.182. The van der Waals surface area contributed by atoms with E-state index in [-0.39, 0.29) is 11.9 Å². The van der Waals surface area contributed by atoms with Gasteiger partial charge in [-0.05, 0) is 35.6 Å². The summed E-state index contributed by atoms with van der Waals surface area (Å²) in [6.07, 6.45) is 0.943. The standard InChI is InChI=1S/C10H12FN/c1-6-4-10(12)9-5-7(11)2-3-8(6)9/h2-3,5-6,10H,4,12H2,1H3. The van der Waals surface area contributed by atoms with Gasteiger partial charge in [-0.3, -0.25) is 0 Å². The lowest BCUT2D eigenvalue weighted by molar-refractivity contribution is 0.618. The maximum atomic E-state index is 12.8. The van der Waals surface area contributed by atoms with Crippen LogP contribution in [0, 0.1) is 5.82 Å². The van der Waals surface area contributed by atoms with E-state index in [0.717, 1.165) is 12.0 Å². The Kier molecular flexibility index (Phi) is 1.65. The van der Waals surface area contributed by atoms with Crippen LogP contribution in [0.5, 0.6) is 0 Å². The molecule has 0 aliphatic heterocycles. The Morgan fingerprint density at radius 1 is 1.42 bits per heavy atom. The molecule has 1 aliphatic carbocycles. The summed E-state index contributed by atoms with van der Waals surface area (Å²) in [5.74, 6) is 0.300. The summed E-state index contributed by atoms with van der Waals surface area (Å²) in [5, 5.41) is 0. The van der Waals surface area contributed by atoms with Crippen LogP contribution in [0.25, 0.3) is 0 Å². The third kappa shape index (κ3) is 1.03. The molecule has 0 aromatic heterocycles. The Morgan fingerprint density at radius 3 is 2.92 bits per heavy atom. The number of fused-ring (bicyclic) bond motifs is 1. The zero-order chi connectivity index (χ0) is 8.72. The summed E-state index contributed by atoms with van der Waals surface area (Å²) < 4.78 is 12.8. The molecule has 0 fully saturated rings. The second kappa shape index (κ2) is 2.56. The number of rotatable bonds is 0. The normalized spacial score (nSPS) is 27.2. The van der Waals surface area contributed by atoms with Gasteiger partial charge in [-0.15, -0.1) is 0 Å². The maximum absolute atomic E-state index is 12.8. The lowest BCUT2D eigenvalue weighted by atomic mass is 10.0. The molecule has 0 heterocycles. The molecule has 0 saturated carbocycles. The van der Waals surface area contributed by atoms with E-state index in [9.17, 15) is 4.39 Å². The quantitative estimate of drug-likeness (QED) is 0.627. The van der Waals surface area contributed by atoms with Crippen LogP contribution in [0.4, 0.5) is 4.39 Å². The molecule has 2 rings (SSSR count). The summed E-state index contributed by atoms with van der Waals surface area (Å²) >= 11 is 0. The molecule has 2 N–H and O–H groups in total. The van der Waals surface area contributed by atoms with E-state index in [2.05, 4.69) is 6.92 Å². The summed E-state index contributed by atoms with van der Waals surface area (Å²) in [6, 6.07) is 4.95. The summed E-state index contributed by atoms with van der Waals surface area (Å²) in [5.41, 5.74) is 8.04. The molecule has 0 bridgehead atoms. The fourth-order valence-electron chi connectivity index (χ4n) is 1.95. The molecule has 2 atom stereocenters. The van der Waals surface area contributed by atoms with Crippen molar-refractivity contribution in [2.75, 3.05) is 0 Å². The first-order valence-corrected chi connectivity index (χ1v) is 4.23. The first-order chi connectivity index (χ1) is 5.68. The van der Waals surface area contributed by atoms with Crippen LogP contribution in [0.15, 0.2) is 18.2 Å². The summed E-state index contributed by atoms with van der Waals surface area (Å²) in [4.78, 5) is 0. The van der Waals surface area contributed by atoms with Gasteiger partial charge in [0.25, 0.3) is 0 Å². The lowest BCUT2D eigenvalue weighted by Crippen LogP contribution is -2.05. The molecule has 1 nitrogen and oxygen atoms in total. The average molecular weight is 165 g/mol. The third-order valence-electron chi connectivity index (χ3n) is 2.59. The van der Waals surface area contributed by atoms with E-state index in [1.807, 2.05) is 6.07 Å². The Labute approximate surface area is 71.4 Å². The molecule has 2 unspecified atom stereocenters. The van der Waals surface area contributed by atoms with Crippen molar-refractivity contribution in [2.24, 2.45) is 5.73 Å². The van der Waals surface area contributed by atoms with Crippen molar-refractivity contribution in [1.82, 2.24) is 0 Å². The molecular formula is C10H12FN. The van der Waals surface area contributed by atoms with E-state index in [1.54, 1.807) is 6.07 Å². The Hall–Kier alpha value is -0.890. The van der Waals surface area contributed by atoms with Gasteiger partial charge in [0.1, 0.15) is 5.82 Å². The van der Waals surface area contributed by atoms with Crippen molar-refractivity contribution in [3.63, 3.8) is 0 Å². The van der Waals surface area contributed by atoms with Gasteiger partial charge in [0.2, 0.25) is 0 Å². The Bertz CT molecular complexity index is 309. The smallest absolute Gasteiger partial charge is 0.123 e. The molecule has 0 saturated heterocycles. The minimum Gasteiger partial charge on any atom is -0.324 e. The van der Waals surface area contributed by atoms with Crippen molar-refractivity contribution < 1.29 is 4.39 Å². The van der Waals surface area contributed by atoms with Crippen LogP contribution >= 0.6 is 0 Å². The number of hydrogen-bond acceptors (Lipinski definition) is 1. The van der Waals surface area contributed by atoms with Gasteiger partial charge in [0.05, 0.1) is 0 Å². The Balaban J connectivity index is 2.53. The van der Waals surface area contributed by atoms with Gasteiger partial charge in [-0.1, -0.05) is 13.0 Å². The second-order valence-corrected chi connectivity index (χ2v) is 3.52. The monoisotopic (exact) mass is 165 g/mol. The summed E-state index contributed by atoms with van der Waals surface area (Å²) in [7, 11) is 0. The second-order valence-electron chi connectivity index (χ2n) is 3.52. The van der Waals surface area contributed by atoms with E-state index >= 15 is 0 Å². The van der Waals surface area contributed by atoms with Crippen LogP contribution in [-0.4, -0.2) is 0 Å². The van der Waals surface area contributed by atoms with E-state index in [4.69, 9.17) is 5.73 Å². The highest BCUT2D eigenvalue weighted by atomic mass is 19.1. The van der Waals surface area contributed by atoms with Crippen LogP contribution in [0.3, 0.4) is 0 Å². The van der Waals surface area contributed by atoms with E-state index in [1.165, 1.54) is 11.6 Å². The van der Waals surface area contributed by atoms with E-state index in [0.29, 0.717) is 5.92 Å². The molecule has 0 amide bonds. The van der Waals surface area contributed by atoms with Crippen LogP contribution in [0.2, 0.25) is 0 Å². The van der Waals surface area contributed by atoms with Crippen molar-refractivity contribution in [1.29, 1.82) is 0 Å². The molecule has 1 aromatic carbocycles. The predicted octanol–water partition coefficient (Wildman–Crippen LogP) is 2.33. The molecule has 64 valence electrons. The number of hydrogen-bond donors (Lipinski definition) is 1. The van der Waals surface area contributed by atoms with Crippen molar-refractivity contribution >= 4 is 0 Å². The van der Waals surface area contributed by atoms with Gasteiger partial charge in [0.15, 0.2) is 0 Å². The van der Waals surface area contributed by atoms with Crippen LogP contribution < -0.4 is 5.73 Å². The molecule has 0 radical (unpaired) electrons. The van der Waals surface area contributed by atoms with Crippen molar-refractivity contribution in [3.8, 4) is 0 Å². The average Bonchev–Trinajstić information content (AvgIpc) is 2.28. The lowest BCUT2D eigenvalue weighted by Gasteiger charge is -2.03. The topological polar surface area (TPSA) is 26.0 Å². The highest BCUT2D eigenvalue weighted by Gasteiger charge is 2.25. The van der Waals surface area contributed by atoms with Crippen LogP contribution in [-0.2, 0) is 0 Å². The molecule has 1 aromatic rings. The Morgan fingerprint density at radius 2 is 2.17 bits per heavy atom. The van der Waals surface area contributed by atoms with Gasteiger partial charge in [-0.25, -0.2) is 4.39 Å². The molecule has 12 heavy (non-hydrogen) atoms. The number of nitrogens with two attached hydrogens (primary N) is 1. The third-order valence-corrected chi connectivity index (χ3v) is 2.59. The SMILES string of the molecule is CC1CC(N)c2cc(F)ccc21. The number of benzene rings is 1. The molecule has 0 spiro atoms. The fourth-order valence-corrected chi connectivity index (χ4v) is 1.95. The molecular weight excluding hydrogens is 153 g/mol. The van der Waals surface area contributed by atoms with Crippen molar-refractivity contribution in [3.05, 3.63) is 35.1 Å². The highest BCUT2D eigenvalue weighted by molar-refractivity contribution is 5.37. The fraction of sp³-hybridized carbons (Fsp3) is 0.400. The summed E-state index contributed by atoms with van der Waals surface area (Å²) in [6.45, 7) is 2.13. The maximum Gasteiger partial charge on any atom is 0.123 e.